The lowest BCUT2D eigenvalue weighted by molar-refractivity contribution is -0.144. The first kappa shape index (κ1) is 32.4. The minimum atomic E-state index is -1.33. The van der Waals surface area contributed by atoms with Gasteiger partial charge in [0.05, 0.1) is 18.2 Å². The van der Waals surface area contributed by atoms with Crippen molar-refractivity contribution < 1.29 is 23.9 Å². The Labute approximate surface area is 260 Å². The average Bonchev–Trinajstić information content (AvgIpc) is 3.32. The van der Waals surface area contributed by atoms with Crippen LogP contribution in [0, 0.1) is 11.7 Å². The fraction of sp³-hybridized carbons (Fsp3) is 0.344. The van der Waals surface area contributed by atoms with Gasteiger partial charge in [0.25, 0.3) is 0 Å². The Hall–Kier alpha value is -3.50. The van der Waals surface area contributed by atoms with Gasteiger partial charge in [0, 0.05) is 22.5 Å². The van der Waals surface area contributed by atoms with E-state index in [1.54, 1.807) is 62.4 Å². The van der Waals surface area contributed by atoms with Crippen molar-refractivity contribution in [2.75, 3.05) is 6.54 Å². The first-order valence-electron chi connectivity index (χ1n) is 14.0. The van der Waals surface area contributed by atoms with Crippen LogP contribution in [0.1, 0.15) is 49.4 Å². The normalized spacial score (nSPS) is 19.8. The summed E-state index contributed by atoms with van der Waals surface area (Å²) < 4.78 is 13.7. The molecule has 0 spiro atoms. The van der Waals surface area contributed by atoms with Crippen LogP contribution < -0.4 is 16.4 Å². The van der Waals surface area contributed by atoms with E-state index in [1.807, 2.05) is 0 Å². The maximum Gasteiger partial charge on any atom is 0.246 e. The first-order chi connectivity index (χ1) is 20.4. The molecule has 0 unspecified atom stereocenters. The predicted octanol–water partition coefficient (Wildman–Crippen LogP) is 4.18. The Bertz CT molecular complexity index is 1390. The lowest BCUT2D eigenvalue weighted by Crippen LogP contribution is -2.58. The number of rotatable bonds is 9. The first-order valence-corrected chi connectivity index (χ1v) is 14.7. The van der Waals surface area contributed by atoms with E-state index in [2.05, 4.69) is 10.6 Å². The van der Waals surface area contributed by atoms with Crippen LogP contribution in [0.5, 0.6) is 0 Å². The molecule has 1 fully saturated rings. The van der Waals surface area contributed by atoms with Crippen molar-refractivity contribution in [2.24, 2.45) is 11.7 Å². The highest BCUT2D eigenvalue weighted by Crippen LogP contribution is 2.35. The molecule has 1 aliphatic heterocycles. The van der Waals surface area contributed by atoms with E-state index in [4.69, 9.17) is 28.9 Å². The molecule has 0 aliphatic carbocycles. The third kappa shape index (κ3) is 7.54. The molecule has 1 saturated heterocycles. The summed E-state index contributed by atoms with van der Waals surface area (Å²) in [4.78, 5) is 41.9. The Morgan fingerprint density at radius 1 is 0.884 bits per heavy atom. The molecule has 0 bridgehead atoms. The lowest BCUT2D eigenvalue weighted by atomic mass is 9.92. The van der Waals surface area contributed by atoms with Gasteiger partial charge in [-0.2, -0.15) is 0 Å². The predicted molar refractivity (Wildman–Crippen MR) is 164 cm³/mol. The van der Waals surface area contributed by atoms with Crippen molar-refractivity contribution in [2.45, 2.75) is 57.0 Å². The van der Waals surface area contributed by atoms with E-state index in [9.17, 15) is 23.9 Å². The molecular formula is C32H35Cl2FN4O4. The van der Waals surface area contributed by atoms with E-state index in [-0.39, 0.29) is 12.5 Å². The van der Waals surface area contributed by atoms with Crippen molar-refractivity contribution in [3.8, 4) is 0 Å². The number of hydrogen-bond donors (Lipinski definition) is 4. The van der Waals surface area contributed by atoms with Crippen LogP contribution in [0.3, 0.4) is 0 Å². The van der Waals surface area contributed by atoms with Gasteiger partial charge in [-0.1, -0.05) is 73.4 Å². The van der Waals surface area contributed by atoms with Crippen molar-refractivity contribution in [3.05, 3.63) is 105 Å². The number of nitrogens with two attached hydrogens (primary N) is 1. The van der Waals surface area contributed by atoms with E-state index in [0.29, 0.717) is 26.7 Å². The molecule has 5 N–H and O–H groups in total. The molecule has 3 aromatic carbocycles. The molecule has 0 saturated carbocycles. The van der Waals surface area contributed by atoms with Crippen LogP contribution in [0.25, 0.3) is 0 Å². The second kappa shape index (κ2) is 13.9. The number of hydrogen-bond acceptors (Lipinski definition) is 5. The Morgan fingerprint density at radius 2 is 1.40 bits per heavy atom. The minimum Gasteiger partial charge on any atom is -0.390 e. The molecule has 3 aromatic rings. The van der Waals surface area contributed by atoms with Gasteiger partial charge in [-0.25, -0.2) is 4.39 Å². The summed E-state index contributed by atoms with van der Waals surface area (Å²) in [5.41, 5.74) is 7.73. The second-order valence-electron chi connectivity index (χ2n) is 11.1. The summed E-state index contributed by atoms with van der Waals surface area (Å²) in [7, 11) is 0. The number of aliphatic hydroxyl groups is 1. The number of carbonyl (C=O) groups excluding carboxylic acids is 3. The summed E-state index contributed by atoms with van der Waals surface area (Å²) in [5, 5.41) is 18.3. The molecule has 43 heavy (non-hydrogen) atoms. The van der Waals surface area contributed by atoms with Crippen LogP contribution >= 0.6 is 23.2 Å². The van der Waals surface area contributed by atoms with Gasteiger partial charge >= 0.3 is 0 Å². The average molecular weight is 630 g/mol. The highest BCUT2D eigenvalue weighted by atomic mass is 35.5. The molecule has 4 rings (SSSR count). The van der Waals surface area contributed by atoms with Crippen LogP contribution in [0.2, 0.25) is 10.0 Å². The number of benzene rings is 3. The topological polar surface area (TPSA) is 125 Å². The number of carbonyl (C=O) groups is 3. The van der Waals surface area contributed by atoms with Crippen LogP contribution in [-0.2, 0) is 14.4 Å². The monoisotopic (exact) mass is 628 g/mol. The molecule has 11 heteroatoms. The molecule has 3 amide bonds. The highest BCUT2D eigenvalue weighted by molar-refractivity contribution is 6.30. The zero-order chi connectivity index (χ0) is 31.4. The zero-order valence-electron chi connectivity index (χ0n) is 24.0. The maximum absolute atomic E-state index is 14.1. The van der Waals surface area contributed by atoms with E-state index in [0.717, 1.165) is 0 Å². The zero-order valence-corrected chi connectivity index (χ0v) is 25.5. The molecule has 1 aliphatic rings. The number of halogens is 3. The summed E-state index contributed by atoms with van der Waals surface area (Å²) >= 11 is 12.2. The SMILES string of the molecule is CC(C)[C@H](NC(=O)[C@H](C)N)C(=O)N1C[C@H](c2ccc(F)cc2)[C@@H](O)[C@H]1C(=O)NC(c1ccc(Cl)cc1)c1ccc(Cl)cc1. The summed E-state index contributed by atoms with van der Waals surface area (Å²) in [6.45, 7) is 5.00. The van der Waals surface area contributed by atoms with E-state index in [1.165, 1.54) is 36.1 Å². The minimum absolute atomic E-state index is 0.0342. The molecule has 1 heterocycles. The number of nitrogens with one attached hydrogen (secondary N) is 2. The van der Waals surface area contributed by atoms with Crippen LogP contribution in [0.15, 0.2) is 72.8 Å². The number of likely N-dealkylation sites (tertiary alicyclic amines) is 1. The smallest absolute Gasteiger partial charge is 0.246 e. The lowest BCUT2D eigenvalue weighted by Gasteiger charge is -2.32. The maximum atomic E-state index is 14.1. The van der Waals surface area contributed by atoms with Gasteiger partial charge in [-0.3, -0.25) is 14.4 Å². The van der Waals surface area contributed by atoms with E-state index < -0.39 is 59.7 Å². The number of aliphatic hydroxyl groups excluding tert-OH is 1. The second-order valence-corrected chi connectivity index (χ2v) is 12.0. The quantitative estimate of drug-likeness (QED) is 0.283. The van der Waals surface area contributed by atoms with Crippen molar-refractivity contribution in [1.82, 2.24) is 15.5 Å². The fourth-order valence-corrected chi connectivity index (χ4v) is 5.50. The van der Waals surface area contributed by atoms with Gasteiger partial charge in [-0.15, -0.1) is 0 Å². The molecule has 5 atom stereocenters. The molecule has 0 aromatic heterocycles. The number of nitrogens with zero attached hydrogens (tertiary/aromatic N) is 1. The van der Waals surface area contributed by atoms with Gasteiger partial charge < -0.3 is 26.4 Å². The fourth-order valence-electron chi connectivity index (χ4n) is 5.25. The Kier molecular flexibility index (Phi) is 10.4. The van der Waals surface area contributed by atoms with Crippen molar-refractivity contribution in [3.63, 3.8) is 0 Å². The summed E-state index contributed by atoms with van der Waals surface area (Å²) in [5.74, 6) is -3.17. The molecule has 228 valence electrons. The van der Waals surface area contributed by atoms with Gasteiger partial charge in [0.1, 0.15) is 17.9 Å². The summed E-state index contributed by atoms with van der Waals surface area (Å²) in [6, 6.07) is 15.6. The van der Waals surface area contributed by atoms with Gasteiger partial charge in [0.15, 0.2) is 0 Å². The summed E-state index contributed by atoms with van der Waals surface area (Å²) in [6.07, 6.45) is -1.33. The van der Waals surface area contributed by atoms with Crippen molar-refractivity contribution >= 4 is 40.9 Å². The molecular weight excluding hydrogens is 594 g/mol. The highest BCUT2D eigenvalue weighted by Gasteiger charge is 2.49. The molecule has 8 nitrogen and oxygen atoms in total. The number of amides is 3. The van der Waals surface area contributed by atoms with E-state index >= 15 is 0 Å². The van der Waals surface area contributed by atoms with Crippen molar-refractivity contribution in [1.29, 1.82) is 0 Å². The van der Waals surface area contributed by atoms with Crippen LogP contribution in [-0.4, -0.2) is 58.5 Å². The largest absolute Gasteiger partial charge is 0.390 e. The third-order valence-corrected chi connectivity index (χ3v) is 8.16. The Balaban J connectivity index is 1.72. The third-order valence-electron chi connectivity index (χ3n) is 7.65. The van der Waals surface area contributed by atoms with Gasteiger partial charge in [0.2, 0.25) is 17.7 Å². The standard InChI is InChI=1S/C32H35Cl2FN4O4/c1-17(2)26(37-30(41)18(3)36)32(43)39-16-25(19-8-14-24(35)15-9-19)29(40)28(39)31(42)38-27(20-4-10-22(33)11-5-20)21-6-12-23(34)13-7-21/h4-15,17-18,25-29,40H,16,36H2,1-3H3,(H,37,41)(H,38,42)/t18-,25+,26-,28-,29+/m0/s1. The van der Waals surface area contributed by atoms with Gasteiger partial charge in [-0.05, 0) is 65.9 Å². The molecule has 0 radical (unpaired) electrons. The van der Waals surface area contributed by atoms with Crippen LogP contribution in [0.4, 0.5) is 4.39 Å². The Morgan fingerprint density at radius 3 is 1.86 bits per heavy atom.